The van der Waals surface area contributed by atoms with E-state index in [1.807, 2.05) is 0 Å². The van der Waals surface area contributed by atoms with Gasteiger partial charge in [0, 0.05) is 6.54 Å². The zero-order chi connectivity index (χ0) is 17.2. The lowest BCUT2D eigenvalue weighted by atomic mass is 10.2. The van der Waals surface area contributed by atoms with Gasteiger partial charge in [-0.05, 0) is 48.4 Å². The van der Waals surface area contributed by atoms with Gasteiger partial charge in [-0.3, -0.25) is 4.31 Å². The summed E-state index contributed by atoms with van der Waals surface area (Å²) in [6.07, 6.45) is 0.591. The molecule has 0 aliphatic carbocycles. The zero-order valence-electron chi connectivity index (χ0n) is 13.2. The van der Waals surface area contributed by atoms with Crippen LogP contribution in [0.2, 0.25) is 0 Å². The number of nitrogens with zero attached hydrogens (tertiary/aromatic N) is 1. The smallest absolute Gasteiger partial charge is 0.238 e. The number of rotatable bonds is 6. The van der Waals surface area contributed by atoms with E-state index in [9.17, 15) is 12.8 Å². The Morgan fingerprint density at radius 1 is 1.12 bits per heavy atom. The van der Waals surface area contributed by atoms with Gasteiger partial charge in [0.25, 0.3) is 0 Å². The molecule has 0 saturated carbocycles. The molecule has 2 aromatic carbocycles. The van der Waals surface area contributed by atoms with Crippen molar-refractivity contribution >= 4 is 15.7 Å². The highest BCUT2D eigenvalue weighted by Gasteiger charge is 2.29. The first kappa shape index (κ1) is 16.6. The quantitative estimate of drug-likeness (QED) is 0.803. The average Bonchev–Trinajstić information content (AvgIpc) is 2.99. The summed E-state index contributed by atoms with van der Waals surface area (Å²) < 4.78 is 50.2. The highest BCUT2D eigenvalue weighted by Crippen LogP contribution is 2.31. The van der Waals surface area contributed by atoms with Crippen LogP contribution in [0.4, 0.5) is 10.1 Å². The van der Waals surface area contributed by atoms with Gasteiger partial charge in [0.1, 0.15) is 29.7 Å². The highest BCUT2D eigenvalue weighted by atomic mass is 32.2. The van der Waals surface area contributed by atoms with E-state index in [1.165, 1.54) is 16.4 Å². The van der Waals surface area contributed by atoms with Crippen LogP contribution in [0.1, 0.15) is 5.56 Å². The summed E-state index contributed by atoms with van der Waals surface area (Å²) in [4.78, 5) is 0. The average molecular weight is 351 g/mol. The molecule has 0 fully saturated rings. The molecule has 0 atom stereocenters. The fraction of sp³-hybridized carbons (Fsp3) is 0.294. The minimum absolute atomic E-state index is 0.0236. The minimum Gasteiger partial charge on any atom is -0.497 e. The lowest BCUT2D eigenvalue weighted by Gasteiger charge is -2.19. The Morgan fingerprint density at radius 2 is 1.83 bits per heavy atom. The van der Waals surface area contributed by atoms with Crippen LogP contribution in [0.3, 0.4) is 0 Å². The van der Waals surface area contributed by atoms with Gasteiger partial charge in [0.05, 0.1) is 12.8 Å². The summed E-state index contributed by atoms with van der Waals surface area (Å²) in [7, 11) is -1.99. The molecule has 5 nitrogen and oxygen atoms in total. The maximum atomic E-state index is 13.4. The molecular weight excluding hydrogens is 333 g/mol. The van der Waals surface area contributed by atoms with Crippen molar-refractivity contribution in [1.82, 2.24) is 0 Å². The number of methoxy groups -OCH3 is 1. The Labute approximate surface area is 140 Å². The fourth-order valence-electron chi connectivity index (χ4n) is 2.66. The standard InChI is InChI=1S/C17H18FNO4S/c1-22-15-4-6-16(7-5-15)23-10-11-24(20,21)19-9-8-13-2-3-14(18)12-17(13)19/h2-7,12H,8-11H2,1H3. The first-order valence-electron chi connectivity index (χ1n) is 7.55. The summed E-state index contributed by atoms with van der Waals surface area (Å²) in [6.45, 7) is 0.361. The molecule has 3 rings (SSSR count). The van der Waals surface area contributed by atoms with Crippen molar-refractivity contribution in [1.29, 1.82) is 0 Å². The van der Waals surface area contributed by atoms with E-state index in [4.69, 9.17) is 9.47 Å². The number of halogens is 1. The van der Waals surface area contributed by atoms with Crippen molar-refractivity contribution in [3.05, 3.63) is 53.8 Å². The predicted octanol–water partition coefficient (Wildman–Crippen LogP) is 2.61. The molecule has 24 heavy (non-hydrogen) atoms. The second kappa shape index (κ2) is 6.68. The van der Waals surface area contributed by atoms with Crippen LogP contribution < -0.4 is 13.8 Å². The molecule has 1 heterocycles. The van der Waals surface area contributed by atoms with Crippen LogP contribution in [0.15, 0.2) is 42.5 Å². The lowest BCUT2D eigenvalue weighted by molar-refractivity contribution is 0.339. The van der Waals surface area contributed by atoms with Gasteiger partial charge in [0.15, 0.2) is 0 Å². The SMILES string of the molecule is COc1ccc(OCCS(=O)(=O)N2CCc3ccc(F)cc32)cc1. The molecule has 128 valence electrons. The molecule has 0 amide bonds. The third kappa shape index (κ3) is 3.46. The number of ether oxygens (including phenoxy) is 2. The van der Waals surface area contributed by atoms with Gasteiger partial charge >= 0.3 is 0 Å². The van der Waals surface area contributed by atoms with Crippen molar-refractivity contribution in [2.45, 2.75) is 6.42 Å². The second-order valence-corrected chi connectivity index (χ2v) is 7.45. The van der Waals surface area contributed by atoms with Gasteiger partial charge in [-0.25, -0.2) is 12.8 Å². The van der Waals surface area contributed by atoms with Crippen LogP contribution in [0.5, 0.6) is 11.5 Å². The molecule has 7 heteroatoms. The minimum atomic E-state index is -3.56. The van der Waals surface area contributed by atoms with Crippen LogP contribution in [-0.4, -0.2) is 34.4 Å². The molecular formula is C17H18FNO4S. The second-order valence-electron chi connectivity index (χ2n) is 5.44. The highest BCUT2D eigenvalue weighted by molar-refractivity contribution is 7.92. The summed E-state index contributed by atoms with van der Waals surface area (Å²) in [6, 6.07) is 11.2. The van der Waals surface area contributed by atoms with E-state index in [2.05, 4.69) is 0 Å². The Kier molecular flexibility index (Phi) is 4.62. The van der Waals surface area contributed by atoms with Crippen molar-refractivity contribution in [2.24, 2.45) is 0 Å². The van der Waals surface area contributed by atoms with Crippen molar-refractivity contribution < 1.29 is 22.3 Å². The molecule has 0 saturated heterocycles. The van der Waals surface area contributed by atoms with Crippen LogP contribution >= 0.6 is 0 Å². The third-order valence-electron chi connectivity index (χ3n) is 3.91. The van der Waals surface area contributed by atoms with Gasteiger partial charge in [-0.2, -0.15) is 0 Å². The maximum absolute atomic E-state index is 13.4. The molecule has 2 aromatic rings. The van der Waals surface area contributed by atoms with E-state index in [0.29, 0.717) is 30.2 Å². The number of fused-ring (bicyclic) bond motifs is 1. The van der Waals surface area contributed by atoms with Crippen LogP contribution in [0, 0.1) is 5.82 Å². The molecule has 1 aliphatic rings. The predicted molar refractivity (Wildman–Crippen MR) is 89.7 cm³/mol. The molecule has 0 radical (unpaired) electrons. The number of sulfonamides is 1. The zero-order valence-corrected chi connectivity index (χ0v) is 14.1. The summed E-state index contributed by atoms with van der Waals surface area (Å²) in [5.41, 5.74) is 1.27. The molecule has 0 spiro atoms. The summed E-state index contributed by atoms with van der Waals surface area (Å²) in [5.74, 6) is 0.657. The summed E-state index contributed by atoms with van der Waals surface area (Å²) in [5, 5.41) is 0. The maximum Gasteiger partial charge on any atom is 0.238 e. The molecule has 0 aromatic heterocycles. The Hall–Kier alpha value is -2.28. The lowest BCUT2D eigenvalue weighted by Crippen LogP contribution is -2.33. The summed E-state index contributed by atoms with van der Waals surface area (Å²) >= 11 is 0. The molecule has 1 aliphatic heterocycles. The number of hydrogen-bond donors (Lipinski definition) is 0. The van der Waals surface area contributed by atoms with Gasteiger partial charge in [-0.1, -0.05) is 6.07 Å². The third-order valence-corrected chi connectivity index (χ3v) is 5.64. The Bertz CT molecular complexity index is 821. The van der Waals surface area contributed by atoms with E-state index >= 15 is 0 Å². The topological polar surface area (TPSA) is 55.8 Å². The van der Waals surface area contributed by atoms with Crippen molar-refractivity contribution in [2.75, 3.05) is 30.3 Å². The van der Waals surface area contributed by atoms with E-state index in [1.54, 1.807) is 37.4 Å². The number of anilines is 1. The Balaban J connectivity index is 1.64. The molecule has 0 bridgehead atoms. The molecule has 0 unspecified atom stereocenters. The fourth-order valence-corrected chi connectivity index (χ4v) is 4.01. The number of hydrogen-bond acceptors (Lipinski definition) is 4. The Morgan fingerprint density at radius 3 is 2.54 bits per heavy atom. The monoisotopic (exact) mass is 351 g/mol. The van der Waals surface area contributed by atoms with E-state index in [-0.39, 0.29) is 12.4 Å². The van der Waals surface area contributed by atoms with Crippen molar-refractivity contribution in [3.63, 3.8) is 0 Å². The van der Waals surface area contributed by atoms with Crippen LogP contribution in [-0.2, 0) is 16.4 Å². The van der Waals surface area contributed by atoms with Gasteiger partial charge in [-0.15, -0.1) is 0 Å². The van der Waals surface area contributed by atoms with E-state index < -0.39 is 15.8 Å². The number of benzene rings is 2. The normalized spacial score (nSPS) is 13.7. The van der Waals surface area contributed by atoms with Gasteiger partial charge < -0.3 is 9.47 Å². The first-order valence-corrected chi connectivity index (χ1v) is 9.16. The van der Waals surface area contributed by atoms with E-state index in [0.717, 1.165) is 5.56 Å². The van der Waals surface area contributed by atoms with Crippen molar-refractivity contribution in [3.8, 4) is 11.5 Å². The van der Waals surface area contributed by atoms with Gasteiger partial charge in [0.2, 0.25) is 10.0 Å². The van der Waals surface area contributed by atoms with Crippen LogP contribution in [0.25, 0.3) is 0 Å². The first-order chi connectivity index (χ1) is 11.5. The molecule has 0 N–H and O–H groups in total. The largest absolute Gasteiger partial charge is 0.497 e.